The van der Waals surface area contributed by atoms with Crippen molar-refractivity contribution in [1.82, 2.24) is 9.88 Å². The van der Waals surface area contributed by atoms with Crippen molar-refractivity contribution in [3.8, 4) is 0 Å². The number of carbonyl (C=O) groups excluding carboxylic acids is 1. The molecule has 0 radical (unpaired) electrons. The number of likely N-dealkylation sites (tertiary alicyclic amines) is 1. The number of amides is 1. The smallest absolute Gasteiger partial charge is 0.242 e. The van der Waals surface area contributed by atoms with E-state index in [9.17, 15) is 4.79 Å². The van der Waals surface area contributed by atoms with Gasteiger partial charge in [0.1, 0.15) is 10.8 Å². The Kier molecular flexibility index (Phi) is 4.31. The molecule has 0 atom stereocenters. The summed E-state index contributed by atoms with van der Waals surface area (Å²) in [7, 11) is 1.85. The van der Waals surface area contributed by atoms with Crippen LogP contribution in [0.15, 0.2) is 18.3 Å². The van der Waals surface area contributed by atoms with Gasteiger partial charge in [0.2, 0.25) is 5.91 Å². The second-order valence-electron chi connectivity index (χ2n) is 4.71. The molecular formula is C13H18N4OS. The van der Waals surface area contributed by atoms with Crippen LogP contribution in [0.1, 0.15) is 18.4 Å². The van der Waals surface area contributed by atoms with Crippen molar-refractivity contribution in [2.75, 3.05) is 31.6 Å². The molecule has 1 aromatic heterocycles. The van der Waals surface area contributed by atoms with Crippen LogP contribution in [0.5, 0.6) is 0 Å². The normalized spacial score (nSPS) is 14.5. The number of anilines is 1. The van der Waals surface area contributed by atoms with Crippen LogP contribution in [0, 0.1) is 0 Å². The number of likely N-dealkylation sites (N-methyl/N-ethyl adjacent to an activating group) is 1. The van der Waals surface area contributed by atoms with Gasteiger partial charge in [0, 0.05) is 31.9 Å². The van der Waals surface area contributed by atoms with Crippen molar-refractivity contribution in [3.05, 3.63) is 23.9 Å². The zero-order valence-electron chi connectivity index (χ0n) is 11.0. The molecule has 1 aliphatic rings. The number of carbonyl (C=O) groups is 1. The molecule has 0 spiro atoms. The molecule has 1 aromatic rings. The van der Waals surface area contributed by atoms with E-state index in [0.717, 1.165) is 31.5 Å². The van der Waals surface area contributed by atoms with E-state index in [0.29, 0.717) is 17.4 Å². The molecule has 102 valence electrons. The molecule has 0 saturated carbocycles. The zero-order chi connectivity index (χ0) is 13.8. The Balaban J connectivity index is 2.02. The summed E-state index contributed by atoms with van der Waals surface area (Å²) in [6.07, 6.45) is 3.86. The van der Waals surface area contributed by atoms with Gasteiger partial charge < -0.3 is 15.5 Å². The summed E-state index contributed by atoms with van der Waals surface area (Å²) in [5.41, 5.74) is 6.36. The van der Waals surface area contributed by atoms with Gasteiger partial charge in [0.05, 0.1) is 6.54 Å². The molecule has 2 heterocycles. The van der Waals surface area contributed by atoms with E-state index in [2.05, 4.69) is 4.98 Å². The van der Waals surface area contributed by atoms with E-state index < -0.39 is 0 Å². The van der Waals surface area contributed by atoms with Gasteiger partial charge in [-0.15, -0.1) is 0 Å². The number of nitrogens with zero attached hydrogens (tertiary/aromatic N) is 3. The lowest BCUT2D eigenvalue weighted by atomic mass is 10.2. The SMILES string of the molecule is CN(CC(=O)N1CCCC1)c1cc(C(N)=S)ccn1. The van der Waals surface area contributed by atoms with Gasteiger partial charge in [0.15, 0.2) is 0 Å². The van der Waals surface area contributed by atoms with E-state index in [-0.39, 0.29) is 5.91 Å². The molecule has 6 heteroatoms. The lowest BCUT2D eigenvalue weighted by Crippen LogP contribution is -2.37. The van der Waals surface area contributed by atoms with Crippen LogP contribution in [0.4, 0.5) is 5.82 Å². The van der Waals surface area contributed by atoms with Crippen LogP contribution in [0.2, 0.25) is 0 Å². The molecule has 19 heavy (non-hydrogen) atoms. The minimum Gasteiger partial charge on any atom is -0.389 e. The lowest BCUT2D eigenvalue weighted by Gasteiger charge is -2.22. The second kappa shape index (κ2) is 5.97. The summed E-state index contributed by atoms with van der Waals surface area (Å²) < 4.78 is 0. The van der Waals surface area contributed by atoms with Gasteiger partial charge in [-0.3, -0.25) is 4.79 Å². The van der Waals surface area contributed by atoms with Crippen molar-refractivity contribution in [2.24, 2.45) is 5.73 Å². The van der Waals surface area contributed by atoms with Gasteiger partial charge in [-0.2, -0.15) is 0 Å². The number of rotatable bonds is 4. The largest absolute Gasteiger partial charge is 0.389 e. The lowest BCUT2D eigenvalue weighted by molar-refractivity contribution is -0.128. The number of hydrogen-bond donors (Lipinski definition) is 1. The van der Waals surface area contributed by atoms with Crippen LogP contribution >= 0.6 is 12.2 Å². The molecule has 0 unspecified atom stereocenters. The second-order valence-corrected chi connectivity index (χ2v) is 5.15. The molecular weight excluding hydrogens is 260 g/mol. The Morgan fingerprint density at radius 3 is 2.84 bits per heavy atom. The molecule has 1 amide bonds. The molecule has 0 bridgehead atoms. The number of pyridine rings is 1. The van der Waals surface area contributed by atoms with Crippen molar-refractivity contribution in [1.29, 1.82) is 0 Å². The third kappa shape index (κ3) is 3.41. The highest BCUT2D eigenvalue weighted by molar-refractivity contribution is 7.80. The molecule has 1 saturated heterocycles. The Bertz CT molecular complexity index is 485. The first-order valence-corrected chi connectivity index (χ1v) is 6.73. The maximum Gasteiger partial charge on any atom is 0.242 e. The Labute approximate surface area is 118 Å². The Morgan fingerprint density at radius 1 is 1.53 bits per heavy atom. The maximum absolute atomic E-state index is 12.1. The first kappa shape index (κ1) is 13.7. The molecule has 0 aromatic carbocycles. The van der Waals surface area contributed by atoms with E-state index >= 15 is 0 Å². The Morgan fingerprint density at radius 2 is 2.21 bits per heavy atom. The van der Waals surface area contributed by atoms with Gasteiger partial charge >= 0.3 is 0 Å². The summed E-state index contributed by atoms with van der Waals surface area (Å²) in [5.74, 6) is 0.848. The van der Waals surface area contributed by atoms with Crippen molar-refractivity contribution < 1.29 is 4.79 Å². The third-order valence-corrected chi connectivity index (χ3v) is 3.49. The van der Waals surface area contributed by atoms with Crippen molar-refractivity contribution >= 4 is 28.9 Å². The summed E-state index contributed by atoms with van der Waals surface area (Å²) >= 11 is 4.94. The van der Waals surface area contributed by atoms with Gasteiger partial charge in [-0.05, 0) is 25.0 Å². The summed E-state index contributed by atoms with van der Waals surface area (Å²) in [5, 5.41) is 0. The molecule has 1 fully saturated rings. The van der Waals surface area contributed by atoms with Gasteiger partial charge in [-0.1, -0.05) is 12.2 Å². The van der Waals surface area contributed by atoms with Crippen molar-refractivity contribution in [2.45, 2.75) is 12.8 Å². The number of nitrogens with two attached hydrogens (primary N) is 1. The minimum absolute atomic E-state index is 0.141. The van der Waals surface area contributed by atoms with Crippen LogP contribution in [-0.2, 0) is 4.79 Å². The van der Waals surface area contributed by atoms with Crippen LogP contribution in [0.25, 0.3) is 0 Å². The van der Waals surface area contributed by atoms with E-state index in [1.165, 1.54) is 0 Å². The third-order valence-electron chi connectivity index (χ3n) is 3.25. The Hall–Kier alpha value is -1.69. The van der Waals surface area contributed by atoms with E-state index in [1.54, 1.807) is 18.3 Å². The van der Waals surface area contributed by atoms with E-state index in [1.807, 2.05) is 16.8 Å². The highest BCUT2D eigenvalue weighted by Gasteiger charge is 2.19. The fourth-order valence-corrected chi connectivity index (χ4v) is 2.26. The maximum atomic E-state index is 12.1. The number of aromatic nitrogens is 1. The predicted octanol–water partition coefficient (Wildman–Crippen LogP) is 0.774. The van der Waals surface area contributed by atoms with E-state index in [4.69, 9.17) is 18.0 Å². The van der Waals surface area contributed by atoms with Crippen molar-refractivity contribution in [3.63, 3.8) is 0 Å². The summed E-state index contributed by atoms with van der Waals surface area (Å²) in [6.45, 7) is 2.06. The monoisotopic (exact) mass is 278 g/mol. The fourth-order valence-electron chi connectivity index (χ4n) is 2.13. The van der Waals surface area contributed by atoms with Crippen LogP contribution < -0.4 is 10.6 Å². The van der Waals surface area contributed by atoms with Crippen LogP contribution in [0.3, 0.4) is 0 Å². The minimum atomic E-state index is 0.141. The standard InChI is InChI=1S/C13H18N4OS/c1-16(9-12(18)17-6-2-3-7-17)11-8-10(13(14)19)4-5-15-11/h4-5,8H,2-3,6-7,9H2,1H3,(H2,14,19). The topological polar surface area (TPSA) is 62.5 Å². The quantitative estimate of drug-likeness (QED) is 0.825. The number of thiocarbonyl (C=S) groups is 1. The average Bonchev–Trinajstić information content (AvgIpc) is 2.92. The highest BCUT2D eigenvalue weighted by atomic mass is 32.1. The molecule has 2 rings (SSSR count). The zero-order valence-corrected chi connectivity index (χ0v) is 11.8. The molecule has 5 nitrogen and oxygen atoms in total. The van der Waals surface area contributed by atoms with Gasteiger partial charge in [0.25, 0.3) is 0 Å². The summed E-state index contributed by atoms with van der Waals surface area (Å²) in [6, 6.07) is 3.57. The predicted molar refractivity (Wildman–Crippen MR) is 79.2 cm³/mol. The highest BCUT2D eigenvalue weighted by Crippen LogP contribution is 2.13. The fraction of sp³-hybridized carbons (Fsp3) is 0.462. The first-order chi connectivity index (χ1) is 9.08. The average molecular weight is 278 g/mol. The van der Waals surface area contributed by atoms with Gasteiger partial charge in [-0.25, -0.2) is 4.98 Å². The number of hydrogen-bond acceptors (Lipinski definition) is 4. The van der Waals surface area contributed by atoms with Crippen LogP contribution in [-0.4, -0.2) is 47.5 Å². The summed E-state index contributed by atoms with van der Waals surface area (Å²) in [4.78, 5) is 20.3. The first-order valence-electron chi connectivity index (χ1n) is 6.32. The molecule has 2 N–H and O–H groups in total. The molecule has 0 aliphatic carbocycles. The molecule has 1 aliphatic heterocycles.